The highest BCUT2D eigenvalue weighted by Crippen LogP contribution is 2.10. The summed E-state index contributed by atoms with van der Waals surface area (Å²) in [4.78, 5) is 0. The van der Waals surface area contributed by atoms with Gasteiger partial charge in [0, 0.05) is 0 Å². The predicted molar refractivity (Wildman–Crippen MR) is 98.6 cm³/mol. The van der Waals surface area contributed by atoms with Crippen molar-refractivity contribution in [2.75, 3.05) is 19.0 Å². The molecule has 0 fully saturated rings. The van der Waals surface area contributed by atoms with E-state index in [2.05, 4.69) is 6.92 Å². The summed E-state index contributed by atoms with van der Waals surface area (Å²) in [7, 11) is -3.66. The Hall–Kier alpha value is -1.11. The van der Waals surface area contributed by atoms with Gasteiger partial charge in [0.25, 0.3) is 10.1 Å². The van der Waals surface area contributed by atoms with E-state index in [1.54, 1.807) is 6.92 Å². The average Bonchev–Trinajstić information content (AvgIpc) is 2.56. The molecule has 1 aromatic carbocycles. The minimum atomic E-state index is -3.66. The van der Waals surface area contributed by atoms with Crippen molar-refractivity contribution < 1.29 is 22.8 Å². The summed E-state index contributed by atoms with van der Waals surface area (Å²) in [6.45, 7) is 6.05. The number of ether oxygens (including phenoxy) is 1. The molecule has 0 aliphatic carbocycles. The molecule has 0 saturated heterocycles. The van der Waals surface area contributed by atoms with Crippen LogP contribution in [0.5, 0.6) is 5.75 Å². The molecule has 0 unspecified atom stereocenters. The first-order valence-corrected chi connectivity index (χ1v) is 10.2. The van der Waals surface area contributed by atoms with Gasteiger partial charge < -0.3 is 4.74 Å². The van der Waals surface area contributed by atoms with Crippen molar-refractivity contribution in [2.45, 2.75) is 59.3 Å². The lowest BCUT2D eigenvalue weighted by molar-refractivity contribution is 0.212. The van der Waals surface area contributed by atoms with Crippen LogP contribution in [-0.2, 0) is 15.2 Å². The first-order valence-electron chi connectivity index (χ1n) is 8.62. The van der Waals surface area contributed by atoms with E-state index in [1.807, 2.05) is 30.3 Å². The van der Waals surface area contributed by atoms with Crippen molar-refractivity contribution in [1.82, 2.24) is 0 Å². The standard InChI is InChI=1S/C14H22O.C2H6O3S.C2H5O/c1-2-3-4-5-6-10-13-15-14-11-8-7-9-12-14;1-2-6(3,4)5;1-2-3/h7-9,11-12H,2-6,10,13H2,1H3;2H2,1H3,(H,3,4,5);2H2,1H3. The Morgan fingerprint density at radius 2 is 1.38 bits per heavy atom. The topological polar surface area (TPSA) is 83.5 Å². The van der Waals surface area contributed by atoms with Crippen molar-refractivity contribution in [3.8, 4) is 5.75 Å². The molecule has 6 heteroatoms. The molecule has 1 N–H and O–H groups in total. The van der Waals surface area contributed by atoms with Crippen LogP contribution >= 0.6 is 0 Å². The second kappa shape index (κ2) is 18.2. The third-order valence-electron chi connectivity index (χ3n) is 2.87. The summed E-state index contributed by atoms with van der Waals surface area (Å²) in [6, 6.07) is 10.1. The van der Waals surface area contributed by atoms with E-state index in [0.717, 1.165) is 12.4 Å². The molecular formula is C18H33O5S. The van der Waals surface area contributed by atoms with Crippen LogP contribution in [0.4, 0.5) is 0 Å². The van der Waals surface area contributed by atoms with Gasteiger partial charge in [-0.05, 0) is 32.4 Å². The minimum Gasteiger partial charge on any atom is -0.494 e. The SMILES string of the molecule is CCCCCCCCOc1ccccc1.CCS(=O)(=O)O.CC[O]. The molecule has 0 bridgehead atoms. The van der Waals surface area contributed by atoms with E-state index < -0.39 is 10.1 Å². The van der Waals surface area contributed by atoms with E-state index in [1.165, 1.54) is 45.4 Å². The number of rotatable bonds is 9. The zero-order chi connectivity index (χ0) is 18.7. The van der Waals surface area contributed by atoms with E-state index in [9.17, 15) is 8.42 Å². The molecular weight excluding hydrogens is 328 g/mol. The Morgan fingerprint density at radius 3 is 1.83 bits per heavy atom. The van der Waals surface area contributed by atoms with Crippen molar-refractivity contribution in [3.63, 3.8) is 0 Å². The molecule has 0 spiro atoms. The van der Waals surface area contributed by atoms with Crippen LogP contribution < -0.4 is 4.74 Å². The van der Waals surface area contributed by atoms with Crippen molar-refractivity contribution >= 4 is 10.1 Å². The summed E-state index contributed by atoms with van der Waals surface area (Å²) < 4.78 is 32.5. The minimum absolute atomic E-state index is 0. The van der Waals surface area contributed by atoms with Gasteiger partial charge in [0.2, 0.25) is 0 Å². The zero-order valence-electron chi connectivity index (χ0n) is 15.2. The molecule has 0 aromatic heterocycles. The maximum Gasteiger partial charge on any atom is 0.264 e. The van der Waals surface area contributed by atoms with Crippen molar-refractivity contribution in [3.05, 3.63) is 30.3 Å². The third kappa shape index (κ3) is 23.2. The Kier molecular flexibility index (Phi) is 19.1. The van der Waals surface area contributed by atoms with E-state index in [-0.39, 0.29) is 12.4 Å². The second-order valence-electron chi connectivity index (χ2n) is 5.09. The number of para-hydroxylation sites is 1. The highest BCUT2D eigenvalue weighted by Gasteiger charge is 1.93. The molecule has 1 radical (unpaired) electrons. The van der Waals surface area contributed by atoms with E-state index >= 15 is 0 Å². The van der Waals surface area contributed by atoms with Gasteiger partial charge in [-0.25, -0.2) is 5.11 Å². The van der Waals surface area contributed by atoms with Gasteiger partial charge >= 0.3 is 0 Å². The smallest absolute Gasteiger partial charge is 0.264 e. The molecule has 24 heavy (non-hydrogen) atoms. The van der Waals surface area contributed by atoms with Gasteiger partial charge in [-0.15, -0.1) is 0 Å². The van der Waals surface area contributed by atoms with Gasteiger partial charge in [-0.3, -0.25) is 4.55 Å². The van der Waals surface area contributed by atoms with Crippen molar-refractivity contribution in [1.29, 1.82) is 0 Å². The first kappa shape index (κ1) is 25.1. The quantitative estimate of drug-likeness (QED) is 0.508. The lowest BCUT2D eigenvalue weighted by Gasteiger charge is -2.05. The predicted octanol–water partition coefficient (Wildman–Crippen LogP) is 4.76. The summed E-state index contributed by atoms with van der Waals surface area (Å²) in [5.41, 5.74) is 0. The normalized spacial score (nSPS) is 10.0. The number of hydrogen-bond donors (Lipinski definition) is 1. The van der Waals surface area contributed by atoms with E-state index in [0.29, 0.717) is 0 Å². The molecule has 0 heterocycles. The summed E-state index contributed by atoms with van der Waals surface area (Å²) in [5.74, 6) is 0.790. The Morgan fingerprint density at radius 1 is 0.917 bits per heavy atom. The van der Waals surface area contributed by atoms with Crippen LogP contribution in [0.2, 0.25) is 0 Å². The summed E-state index contributed by atoms with van der Waals surface area (Å²) >= 11 is 0. The zero-order valence-corrected chi connectivity index (χ0v) is 16.1. The van der Waals surface area contributed by atoms with Crippen LogP contribution in [0.3, 0.4) is 0 Å². The highest BCUT2D eigenvalue weighted by molar-refractivity contribution is 7.85. The first-order chi connectivity index (χ1) is 11.4. The number of unbranched alkanes of at least 4 members (excludes halogenated alkanes) is 5. The fraction of sp³-hybridized carbons (Fsp3) is 0.667. The molecule has 0 saturated carbocycles. The lowest BCUT2D eigenvalue weighted by Crippen LogP contribution is -1.97. The van der Waals surface area contributed by atoms with Crippen LogP contribution in [0.1, 0.15) is 59.3 Å². The fourth-order valence-corrected chi connectivity index (χ4v) is 1.59. The molecule has 1 rings (SSSR count). The Bertz CT molecular complexity index is 446. The van der Waals surface area contributed by atoms with Gasteiger partial charge in [-0.1, -0.05) is 57.2 Å². The van der Waals surface area contributed by atoms with Gasteiger partial charge in [-0.2, -0.15) is 8.42 Å². The largest absolute Gasteiger partial charge is 0.494 e. The summed E-state index contributed by atoms with van der Waals surface area (Å²) in [5, 5.41) is 8.93. The summed E-state index contributed by atoms with van der Waals surface area (Å²) in [6.07, 6.45) is 7.90. The lowest BCUT2D eigenvalue weighted by atomic mass is 10.1. The maximum atomic E-state index is 9.56. The van der Waals surface area contributed by atoms with E-state index in [4.69, 9.17) is 14.4 Å². The molecule has 1 aromatic rings. The fourth-order valence-electron chi connectivity index (χ4n) is 1.59. The maximum absolute atomic E-state index is 9.56. The van der Waals surface area contributed by atoms with Gasteiger partial charge in [0.1, 0.15) is 5.75 Å². The van der Waals surface area contributed by atoms with Gasteiger partial charge in [0.05, 0.1) is 19.0 Å². The highest BCUT2D eigenvalue weighted by atomic mass is 32.2. The second-order valence-corrected chi connectivity index (χ2v) is 6.83. The Labute approximate surface area is 147 Å². The molecule has 5 nitrogen and oxygen atoms in total. The Balaban J connectivity index is 0. The van der Waals surface area contributed by atoms with Crippen LogP contribution in [-0.4, -0.2) is 31.9 Å². The third-order valence-corrected chi connectivity index (χ3v) is 3.60. The average molecular weight is 362 g/mol. The molecule has 141 valence electrons. The molecule has 0 atom stereocenters. The number of benzene rings is 1. The van der Waals surface area contributed by atoms with Gasteiger partial charge in [0.15, 0.2) is 0 Å². The number of hydrogen-bond acceptors (Lipinski definition) is 3. The van der Waals surface area contributed by atoms with Crippen molar-refractivity contribution in [2.24, 2.45) is 0 Å². The van der Waals surface area contributed by atoms with Crippen LogP contribution in [0, 0.1) is 0 Å². The monoisotopic (exact) mass is 361 g/mol. The molecule has 0 aliphatic heterocycles. The van der Waals surface area contributed by atoms with Crippen LogP contribution in [0.25, 0.3) is 0 Å². The van der Waals surface area contributed by atoms with Crippen LogP contribution in [0.15, 0.2) is 30.3 Å². The molecule has 0 aliphatic rings. The molecule has 0 amide bonds.